The van der Waals surface area contributed by atoms with Gasteiger partial charge in [-0.3, -0.25) is 4.57 Å². The van der Waals surface area contributed by atoms with E-state index < -0.39 is 7.60 Å². The molecule has 0 unspecified atom stereocenters. The lowest BCUT2D eigenvalue weighted by atomic mass is 10.0. The van der Waals surface area contributed by atoms with E-state index in [0.29, 0.717) is 6.42 Å². The molecule has 0 aliphatic heterocycles. The van der Waals surface area contributed by atoms with Gasteiger partial charge in [0.05, 0.1) is 0 Å². The minimum absolute atomic E-state index is 0.0606. The Morgan fingerprint density at radius 3 is 1.09 bits per heavy atom. The summed E-state index contributed by atoms with van der Waals surface area (Å²) in [7, 11) is -3.75. The molecule has 0 saturated carbocycles. The van der Waals surface area contributed by atoms with Crippen LogP contribution in [0.15, 0.2) is 0 Å². The quantitative estimate of drug-likeness (QED) is 0.117. The molecule has 0 bridgehead atoms. The first-order valence-corrected chi connectivity index (χ1v) is 12.5. The second-order valence-corrected chi connectivity index (χ2v) is 9.24. The summed E-state index contributed by atoms with van der Waals surface area (Å²) < 4.78 is 12.0. The van der Waals surface area contributed by atoms with E-state index >= 15 is 0 Å². The Kier molecular flexibility index (Phi) is 17.4. The van der Waals surface area contributed by atoms with Gasteiger partial charge in [-0.1, -0.05) is 106 Å². The second kappa shape index (κ2) is 16.7. The molecule has 3 nitrogen and oxygen atoms in total. The van der Waals surface area contributed by atoms with Crippen molar-refractivity contribution in [3.05, 3.63) is 0 Å². The molecule has 22 heavy (non-hydrogen) atoms. The maximum atomic E-state index is 10.7. The molecule has 0 radical (unpaired) electrons. The summed E-state index contributed by atoms with van der Waals surface area (Å²) in [5.74, 6) is 0. The fraction of sp³-hybridized carbons (Fsp3) is 1.00. The second-order valence-electron chi connectivity index (χ2n) is 6.38. The normalized spacial score (nSPS) is 12.0. The topological polar surface area (TPSA) is 57.5 Å². The fourth-order valence-corrected chi connectivity index (χ4v) is 3.89. The van der Waals surface area contributed by atoms with Crippen molar-refractivity contribution in [2.45, 2.75) is 96.3 Å². The number of hydrogen-bond donors (Lipinski definition) is 2. The molecular formula is C17H36IO3P. The summed E-state index contributed by atoms with van der Waals surface area (Å²) >= 11 is 2.46. The van der Waals surface area contributed by atoms with Gasteiger partial charge in [-0.15, -0.1) is 0 Å². The van der Waals surface area contributed by atoms with E-state index in [1.165, 1.54) is 81.5 Å². The van der Waals surface area contributed by atoms with Gasteiger partial charge in [-0.25, -0.2) is 0 Å². The van der Waals surface area contributed by atoms with Crippen LogP contribution in [0, 0.1) is 0 Å². The SMILES string of the molecule is O=P(O)(O)CCCCCCCCCCCCCCCCCI. The van der Waals surface area contributed by atoms with Crippen LogP contribution in [0.3, 0.4) is 0 Å². The minimum atomic E-state index is -3.75. The van der Waals surface area contributed by atoms with Gasteiger partial charge in [0.15, 0.2) is 0 Å². The van der Waals surface area contributed by atoms with Crippen molar-refractivity contribution in [1.82, 2.24) is 0 Å². The van der Waals surface area contributed by atoms with E-state index in [-0.39, 0.29) is 6.16 Å². The Balaban J connectivity index is 3.01. The summed E-state index contributed by atoms with van der Waals surface area (Å²) in [6.45, 7) is 0. The Hall–Kier alpha value is 0.880. The van der Waals surface area contributed by atoms with E-state index in [9.17, 15) is 4.57 Å². The van der Waals surface area contributed by atoms with Crippen LogP contribution in [0.25, 0.3) is 0 Å². The standard InChI is InChI=1S/C17H36IO3P/c18-16-14-12-10-8-6-4-2-1-3-5-7-9-11-13-15-17-22(19,20)21/h1-17H2,(H2,19,20,21). The van der Waals surface area contributed by atoms with Crippen molar-refractivity contribution in [3.63, 3.8) is 0 Å². The highest BCUT2D eigenvalue weighted by molar-refractivity contribution is 14.1. The number of alkyl halides is 1. The molecule has 0 spiro atoms. The van der Waals surface area contributed by atoms with E-state index in [4.69, 9.17) is 9.79 Å². The summed E-state index contributed by atoms with van der Waals surface area (Å²) in [6, 6.07) is 0. The molecule has 5 heteroatoms. The molecule has 0 atom stereocenters. The Morgan fingerprint density at radius 1 is 0.545 bits per heavy atom. The number of unbranched alkanes of at least 4 members (excludes halogenated alkanes) is 14. The van der Waals surface area contributed by atoms with Gasteiger partial charge in [0.2, 0.25) is 0 Å². The smallest absolute Gasteiger partial charge is 0.324 e. The van der Waals surface area contributed by atoms with Crippen LogP contribution in [0.4, 0.5) is 0 Å². The van der Waals surface area contributed by atoms with Crippen LogP contribution < -0.4 is 0 Å². The molecular weight excluding hydrogens is 410 g/mol. The predicted molar refractivity (Wildman–Crippen MR) is 105 cm³/mol. The molecule has 2 N–H and O–H groups in total. The van der Waals surface area contributed by atoms with Crippen LogP contribution in [0.1, 0.15) is 96.3 Å². The average Bonchev–Trinajstić information content (AvgIpc) is 2.45. The van der Waals surface area contributed by atoms with Gasteiger partial charge in [0.25, 0.3) is 0 Å². The zero-order valence-electron chi connectivity index (χ0n) is 14.1. The highest BCUT2D eigenvalue weighted by Gasteiger charge is 2.10. The van der Waals surface area contributed by atoms with E-state index in [1.807, 2.05) is 0 Å². The molecule has 0 aromatic rings. The molecule has 0 aromatic carbocycles. The largest absolute Gasteiger partial charge is 0.325 e. The predicted octanol–water partition coefficient (Wildman–Crippen LogP) is 6.45. The van der Waals surface area contributed by atoms with Crippen LogP contribution >= 0.6 is 30.2 Å². The van der Waals surface area contributed by atoms with Crippen LogP contribution in [-0.2, 0) is 4.57 Å². The highest BCUT2D eigenvalue weighted by Crippen LogP contribution is 2.35. The van der Waals surface area contributed by atoms with E-state index in [0.717, 1.165) is 12.8 Å². The van der Waals surface area contributed by atoms with Gasteiger partial charge in [-0.2, -0.15) is 0 Å². The van der Waals surface area contributed by atoms with Crippen LogP contribution in [-0.4, -0.2) is 20.4 Å². The third kappa shape index (κ3) is 20.9. The lowest BCUT2D eigenvalue weighted by Gasteiger charge is -2.04. The molecule has 134 valence electrons. The first-order chi connectivity index (χ1) is 10.6. The molecule has 0 fully saturated rings. The number of halogens is 1. The molecule has 0 aliphatic carbocycles. The van der Waals surface area contributed by atoms with Gasteiger partial charge in [0.1, 0.15) is 0 Å². The van der Waals surface area contributed by atoms with Crippen molar-refractivity contribution in [3.8, 4) is 0 Å². The van der Waals surface area contributed by atoms with Crippen molar-refractivity contribution in [2.75, 3.05) is 10.6 Å². The molecule has 0 aliphatic rings. The zero-order valence-corrected chi connectivity index (χ0v) is 17.2. The summed E-state index contributed by atoms with van der Waals surface area (Å²) in [5.41, 5.74) is 0. The Bertz CT molecular complexity index is 269. The fourth-order valence-electron chi connectivity index (χ4n) is 2.71. The highest BCUT2D eigenvalue weighted by atomic mass is 127. The summed E-state index contributed by atoms with van der Waals surface area (Å²) in [5, 5.41) is 0. The van der Waals surface area contributed by atoms with E-state index in [2.05, 4.69) is 22.6 Å². The first-order valence-electron chi connectivity index (χ1n) is 9.17. The summed E-state index contributed by atoms with van der Waals surface area (Å²) in [6.07, 6.45) is 19.3. The average molecular weight is 446 g/mol. The third-order valence-corrected chi connectivity index (χ3v) is 5.74. The lowest BCUT2D eigenvalue weighted by molar-refractivity contribution is 0.370. The maximum absolute atomic E-state index is 10.7. The van der Waals surface area contributed by atoms with Gasteiger partial charge in [0, 0.05) is 6.16 Å². The van der Waals surface area contributed by atoms with Gasteiger partial charge >= 0.3 is 7.60 Å². The monoisotopic (exact) mass is 446 g/mol. The van der Waals surface area contributed by atoms with Crippen LogP contribution in [0.5, 0.6) is 0 Å². The Morgan fingerprint density at radius 2 is 0.818 bits per heavy atom. The Labute approximate surface area is 151 Å². The van der Waals surface area contributed by atoms with Crippen molar-refractivity contribution in [2.24, 2.45) is 0 Å². The van der Waals surface area contributed by atoms with Crippen molar-refractivity contribution in [1.29, 1.82) is 0 Å². The third-order valence-electron chi connectivity index (χ3n) is 4.08. The van der Waals surface area contributed by atoms with Crippen LogP contribution in [0.2, 0.25) is 0 Å². The van der Waals surface area contributed by atoms with Crippen molar-refractivity contribution >= 4 is 30.2 Å². The maximum Gasteiger partial charge on any atom is 0.325 e. The van der Waals surface area contributed by atoms with Gasteiger partial charge in [-0.05, 0) is 17.3 Å². The first kappa shape index (κ1) is 22.9. The van der Waals surface area contributed by atoms with E-state index in [1.54, 1.807) is 0 Å². The lowest BCUT2D eigenvalue weighted by Crippen LogP contribution is -1.88. The molecule has 0 saturated heterocycles. The molecule has 0 amide bonds. The molecule has 0 heterocycles. The molecule has 0 rings (SSSR count). The minimum Gasteiger partial charge on any atom is -0.324 e. The summed E-state index contributed by atoms with van der Waals surface area (Å²) in [4.78, 5) is 17.5. The molecule has 0 aromatic heterocycles. The van der Waals surface area contributed by atoms with Crippen molar-refractivity contribution < 1.29 is 14.4 Å². The zero-order chi connectivity index (χ0) is 16.5. The number of hydrogen-bond acceptors (Lipinski definition) is 1. The number of rotatable bonds is 17. The van der Waals surface area contributed by atoms with Gasteiger partial charge < -0.3 is 9.79 Å².